The van der Waals surface area contributed by atoms with Crippen molar-refractivity contribution < 1.29 is 0 Å². The molecule has 0 aliphatic carbocycles. The molecule has 3 aromatic rings. The first kappa shape index (κ1) is 14.5. The molecule has 3 nitrogen and oxygen atoms in total. The molecule has 1 atom stereocenters. The van der Waals surface area contributed by atoms with E-state index >= 15 is 0 Å². The summed E-state index contributed by atoms with van der Waals surface area (Å²) in [4.78, 5) is 5.51. The summed E-state index contributed by atoms with van der Waals surface area (Å²) in [5, 5.41) is 3.72. The molecule has 4 rings (SSSR count). The summed E-state index contributed by atoms with van der Waals surface area (Å²) >= 11 is 1.97. The van der Waals surface area contributed by atoms with Crippen LogP contribution in [-0.2, 0) is 6.54 Å². The fourth-order valence-electron chi connectivity index (χ4n) is 2.99. The molecule has 4 heteroatoms. The van der Waals surface area contributed by atoms with Crippen LogP contribution in [0.25, 0.3) is 5.69 Å². The lowest BCUT2D eigenvalue weighted by molar-refractivity contribution is 0.510. The Kier molecular flexibility index (Phi) is 4.18. The Morgan fingerprint density at radius 2 is 2.00 bits per heavy atom. The summed E-state index contributed by atoms with van der Waals surface area (Å²) in [6, 6.07) is 17.9. The third kappa shape index (κ3) is 3.19. The molecule has 0 amide bonds. The van der Waals surface area contributed by atoms with Crippen molar-refractivity contribution in [3.63, 3.8) is 0 Å². The van der Waals surface area contributed by atoms with Gasteiger partial charge in [-0.2, -0.15) is 0 Å². The Bertz CT molecular complexity index is 766. The first-order valence-electron chi connectivity index (χ1n) is 7.92. The third-order valence-electron chi connectivity index (χ3n) is 4.25. The van der Waals surface area contributed by atoms with E-state index in [-0.39, 0.29) is 0 Å². The molecule has 0 unspecified atom stereocenters. The molecule has 116 valence electrons. The largest absolute Gasteiger partial charge is 0.306 e. The van der Waals surface area contributed by atoms with Gasteiger partial charge >= 0.3 is 0 Å². The van der Waals surface area contributed by atoms with Gasteiger partial charge in [-0.05, 0) is 41.5 Å². The summed E-state index contributed by atoms with van der Waals surface area (Å²) in [5.74, 6) is 1.19. The second-order valence-electron chi connectivity index (χ2n) is 5.74. The van der Waals surface area contributed by atoms with Crippen molar-refractivity contribution in [3.05, 3.63) is 78.4 Å². The van der Waals surface area contributed by atoms with Gasteiger partial charge in [-0.3, -0.25) is 0 Å². The highest BCUT2D eigenvalue weighted by atomic mass is 32.2. The number of nitrogens with zero attached hydrogens (tertiary/aromatic N) is 2. The normalized spacial score (nSPS) is 17.0. The maximum Gasteiger partial charge on any atom is 0.0991 e. The van der Waals surface area contributed by atoms with E-state index in [0.29, 0.717) is 6.04 Å². The predicted octanol–water partition coefficient (Wildman–Crippen LogP) is 4.20. The van der Waals surface area contributed by atoms with E-state index in [1.54, 1.807) is 6.20 Å². The van der Waals surface area contributed by atoms with Crippen LogP contribution in [0.5, 0.6) is 0 Å². The average molecular weight is 321 g/mol. The molecule has 0 spiro atoms. The zero-order chi connectivity index (χ0) is 15.5. The number of aromatic nitrogens is 2. The van der Waals surface area contributed by atoms with Crippen molar-refractivity contribution in [3.8, 4) is 5.69 Å². The molecule has 1 aliphatic rings. The van der Waals surface area contributed by atoms with Crippen LogP contribution in [0.15, 0.2) is 72.1 Å². The van der Waals surface area contributed by atoms with Crippen molar-refractivity contribution in [2.24, 2.45) is 0 Å². The fraction of sp³-hybridized carbons (Fsp3) is 0.211. The summed E-state index contributed by atoms with van der Waals surface area (Å²) in [6.07, 6.45) is 6.77. The molecule has 0 saturated heterocycles. The monoisotopic (exact) mass is 321 g/mol. The van der Waals surface area contributed by atoms with Crippen molar-refractivity contribution in [2.75, 3.05) is 5.75 Å². The van der Waals surface area contributed by atoms with Crippen LogP contribution < -0.4 is 5.32 Å². The summed E-state index contributed by atoms with van der Waals surface area (Å²) in [5.41, 5.74) is 3.90. The van der Waals surface area contributed by atoms with Crippen LogP contribution in [0.3, 0.4) is 0 Å². The number of thioether (sulfide) groups is 1. The van der Waals surface area contributed by atoms with Crippen LogP contribution in [0, 0.1) is 0 Å². The molecule has 1 N–H and O–H groups in total. The van der Waals surface area contributed by atoms with Crippen LogP contribution >= 0.6 is 11.8 Å². The lowest BCUT2D eigenvalue weighted by Gasteiger charge is -2.26. The minimum absolute atomic E-state index is 0.459. The molecule has 0 radical (unpaired) electrons. The summed E-state index contributed by atoms with van der Waals surface area (Å²) in [6.45, 7) is 0.897. The summed E-state index contributed by atoms with van der Waals surface area (Å²) < 4.78 is 2.02. The van der Waals surface area contributed by atoms with Gasteiger partial charge in [0, 0.05) is 35.6 Å². The van der Waals surface area contributed by atoms with E-state index in [2.05, 4.69) is 58.8 Å². The van der Waals surface area contributed by atoms with E-state index in [1.165, 1.54) is 28.2 Å². The van der Waals surface area contributed by atoms with Crippen LogP contribution in [-0.4, -0.2) is 15.3 Å². The minimum Gasteiger partial charge on any atom is -0.306 e. The van der Waals surface area contributed by atoms with Gasteiger partial charge in [-0.15, -0.1) is 11.8 Å². The van der Waals surface area contributed by atoms with Gasteiger partial charge in [-0.1, -0.05) is 30.3 Å². The zero-order valence-corrected chi connectivity index (χ0v) is 13.7. The molecule has 2 heterocycles. The molecule has 1 aromatic heterocycles. The molecular formula is C19H19N3S. The predicted molar refractivity (Wildman–Crippen MR) is 94.9 cm³/mol. The van der Waals surface area contributed by atoms with Gasteiger partial charge in [0.25, 0.3) is 0 Å². The van der Waals surface area contributed by atoms with Crippen molar-refractivity contribution in [2.45, 2.75) is 23.9 Å². The van der Waals surface area contributed by atoms with E-state index in [0.717, 1.165) is 12.2 Å². The topological polar surface area (TPSA) is 29.9 Å². The first-order chi connectivity index (χ1) is 11.4. The lowest BCUT2D eigenvalue weighted by Crippen LogP contribution is -2.24. The average Bonchev–Trinajstić information content (AvgIpc) is 3.15. The van der Waals surface area contributed by atoms with Crippen LogP contribution in [0.1, 0.15) is 23.6 Å². The standard InChI is InChI=1S/C19H19N3S/c1-2-4-19-17(3-1)18(9-12-23-19)21-13-15-5-7-16(8-6-15)22-11-10-20-14-22/h1-8,10-11,14,18,21H,9,12-13H2/t18-/m0/s1. The van der Waals surface area contributed by atoms with E-state index in [4.69, 9.17) is 0 Å². The Labute approximate surface area is 140 Å². The number of benzene rings is 2. The maximum atomic E-state index is 4.09. The number of hydrogen-bond acceptors (Lipinski definition) is 3. The van der Waals surface area contributed by atoms with Gasteiger partial charge in [0.15, 0.2) is 0 Å². The third-order valence-corrected chi connectivity index (χ3v) is 5.37. The fourth-order valence-corrected chi connectivity index (χ4v) is 4.12. The summed E-state index contributed by atoms with van der Waals surface area (Å²) in [7, 11) is 0. The van der Waals surface area contributed by atoms with Crippen LogP contribution in [0.2, 0.25) is 0 Å². The van der Waals surface area contributed by atoms with Gasteiger partial charge in [0.2, 0.25) is 0 Å². The number of nitrogens with one attached hydrogen (secondary N) is 1. The van der Waals surface area contributed by atoms with E-state index in [9.17, 15) is 0 Å². The Hall–Kier alpha value is -2.04. The SMILES string of the molecule is c1ccc2c(c1)SCC[C@@H]2NCc1ccc(-n2ccnc2)cc1. The highest BCUT2D eigenvalue weighted by Gasteiger charge is 2.19. The molecule has 23 heavy (non-hydrogen) atoms. The highest BCUT2D eigenvalue weighted by Crippen LogP contribution is 2.35. The minimum atomic E-state index is 0.459. The molecule has 0 saturated carbocycles. The van der Waals surface area contributed by atoms with Gasteiger partial charge < -0.3 is 9.88 Å². The zero-order valence-electron chi connectivity index (χ0n) is 12.9. The maximum absolute atomic E-state index is 4.09. The Balaban J connectivity index is 1.44. The quantitative estimate of drug-likeness (QED) is 0.781. The number of imidazole rings is 1. The number of rotatable bonds is 4. The Morgan fingerprint density at radius 1 is 1.13 bits per heavy atom. The first-order valence-corrected chi connectivity index (χ1v) is 8.91. The second kappa shape index (κ2) is 6.60. The molecule has 0 fully saturated rings. The van der Waals surface area contributed by atoms with Crippen molar-refractivity contribution in [1.29, 1.82) is 0 Å². The number of fused-ring (bicyclic) bond motifs is 1. The second-order valence-corrected chi connectivity index (χ2v) is 6.88. The van der Waals surface area contributed by atoms with Gasteiger partial charge in [-0.25, -0.2) is 4.98 Å². The van der Waals surface area contributed by atoms with Crippen molar-refractivity contribution >= 4 is 11.8 Å². The molecule has 1 aliphatic heterocycles. The highest BCUT2D eigenvalue weighted by molar-refractivity contribution is 7.99. The number of hydrogen-bond donors (Lipinski definition) is 1. The van der Waals surface area contributed by atoms with Gasteiger partial charge in [0.05, 0.1) is 6.33 Å². The molecule has 0 bridgehead atoms. The molecule has 2 aromatic carbocycles. The van der Waals surface area contributed by atoms with E-state index < -0.39 is 0 Å². The lowest BCUT2D eigenvalue weighted by atomic mass is 10.0. The smallest absolute Gasteiger partial charge is 0.0991 e. The molecular weight excluding hydrogens is 302 g/mol. The Morgan fingerprint density at radius 3 is 2.83 bits per heavy atom. The van der Waals surface area contributed by atoms with Gasteiger partial charge in [0.1, 0.15) is 0 Å². The van der Waals surface area contributed by atoms with Crippen LogP contribution in [0.4, 0.5) is 0 Å². The van der Waals surface area contributed by atoms with E-state index in [1.807, 2.05) is 28.9 Å². The van der Waals surface area contributed by atoms with Crippen molar-refractivity contribution in [1.82, 2.24) is 14.9 Å².